The van der Waals surface area contributed by atoms with Crippen molar-refractivity contribution in [3.05, 3.63) is 52.1 Å². The van der Waals surface area contributed by atoms with E-state index >= 15 is 0 Å². The van der Waals surface area contributed by atoms with Gasteiger partial charge in [0, 0.05) is 49.4 Å². The lowest BCUT2D eigenvalue weighted by Gasteiger charge is -2.28. The van der Waals surface area contributed by atoms with Crippen LogP contribution in [0.25, 0.3) is 0 Å². The van der Waals surface area contributed by atoms with Crippen molar-refractivity contribution in [3.63, 3.8) is 0 Å². The SMILES string of the molecule is Cc1c(C(=O)Nc2cc(F)c(F)c(F)c2)c(C)n(C)c1C(=O)C(=O)NC1CCC(F)(F)CC1. The van der Waals surface area contributed by atoms with Crippen molar-refractivity contribution in [2.75, 3.05) is 5.32 Å². The van der Waals surface area contributed by atoms with Crippen molar-refractivity contribution >= 4 is 23.3 Å². The molecule has 33 heavy (non-hydrogen) atoms. The minimum atomic E-state index is -2.78. The van der Waals surface area contributed by atoms with Gasteiger partial charge in [0.1, 0.15) is 0 Å². The molecule has 1 aliphatic carbocycles. The number of carbonyl (C=O) groups excluding carboxylic acids is 3. The van der Waals surface area contributed by atoms with Crippen LogP contribution < -0.4 is 10.6 Å². The molecule has 0 atom stereocenters. The number of rotatable bonds is 5. The number of carbonyl (C=O) groups is 3. The summed E-state index contributed by atoms with van der Waals surface area (Å²) < 4.78 is 68.0. The van der Waals surface area contributed by atoms with Crippen LogP contribution in [0, 0.1) is 31.3 Å². The Labute approximate surface area is 186 Å². The molecular weight excluding hydrogens is 449 g/mol. The van der Waals surface area contributed by atoms with E-state index in [0.29, 0.717) is 17.8 Å². The van der Waals surface area contributed by atoms with Gasteiger partial charge in [-0.25, -0.2) is 22.0 Å². The molecule has 1 aromatic carbocycles. The number of nitrogens with one attached hydrogen (secondary N) is 2. The lowest BCUT2D eigenvalue weighted by atomic mass is 9.92. The molecular formula is C22H22F5N3O3. The van der Waals surface area contributed by atoms with Gasteiger partial charge in [0.05, 0.1) is 11.3 Å². The second-order valence-electron chi connectivity index (χ2n) is 8.13. The molecule has 1 heterocycles. The molecule has 0 aliphatic heterocycles. The van der Waals surface area contributed by atoms with Crippen LogP contribution in [0.3, 0.4) is 0 Å². The summed E-state index contributed by atoms with van der Waals surface area (Å²) in [5.41, 5.74) is 0.00928. The van der Waals surface area contributed by atoms with Crippen LogP contribution in [0.15, 0.2) is 12.1 Å². The van der Waals surface area contributed by atoms with Crippen molar-refractivity contribution in [1.29, 1.82) is 0 Å². The standard InChI is InChI=1S/C22H22F5N3O3/c1-10-16(20(32)29-13-8-14(23)17(25)15(24)9-13)11(2)30(3)18(10)19(31)21(33)28-12-4-6-22(26,27)7-5-12/h8-9,12H,4-7H2,1-3H3,(H,28,33)(H,29,32). The normalized spacial score (nSPS) is 15.9. The summed E-state index contributed by atoms with van der Waals surface area (Å²) in [6.45, 7) is 2.93. The maximum Gasteiger partial charge on any atom is 0.294 e. The van der Waals surface area contributed by atoms with Gasteiger partial charge < -0.3 is 15.2 Å². The van der Waals surface area contributed by atoms with E-state index in [1.807, 2.05) is 0 Å². The Morgan fingerprint density at radius 1 is 1.03 bits per heavy atom. The van der Waals surface area contributed by atoms with Crippen LogP contribution in [0.2, 0.25) is 0 Å². The monoisotopic (exact) mass is 471 g/mol. The van der Waals surface area contributed by atoms with Crippen molar-refractivity contribution in [2.45, 2.75) is 51.5 Å². The van der Waals surface area contributed by atoms with Gasteiger partial charge >= 0.3 is 0 Å². The number of amides is 2. The lowest BCUT2D eigenvalue weighted by molar-refractivity contribution is -0.118. The highest BCUT2D eigenvalue weighted by atomic mass is 19.3. The van der Waals surface area contributed by atoms with Crippen LogP contribution in [0.5, 0.6) is 0 Å². The van der Waals surface area contributed by atoms with E-state index in [-0.39, 0.29) is 48.2 Å². The number of aromatic nitrogens is 1. The highest BCUT2D eigenvalue weighted by Gasteiger charge is 2.36. The first-order valence-electron chi connectivity index (χ1n) is 10.2. The molecule has 0 unspecified atom stereocenters. The molecule has 1 aromatic heterocycles. The van der Waals surface area contributed by atoms with E-state index in [0.717, 1.165) is 0 Å². The van der Waals surface area contributed by atoms with Crippen molar-refractivity contribution in [1.82, 2.24) is 9.88 Å². The third-order valence-electron chi connectivity index (χ3n) is 5.87. The molecule has 1 fully saturated rings. The summed E-state index contributed by atoms with van der Waals surface area (Å²) in [5, 5.41) is 4.72. The summed E-state index contributed by atoms with van der Waals surface area (Å²) in [5.74, 6) is -10.2. The molecule has 3 rings (SSSR count). The van der Waals surface area contributed by atoms with Gasteiger partial charge in [-0.15, -0.1) is 0 Å². The highest BCUT2D eigenvalue weighted by Crippen LogP contribution is 2.33. The number of benzene rings is 1. The third kappa shape index (κ3) is 4.91. The summed E-state index contributed by atoms with van der Waals surface area (Å²) in [7, 11) is 1.46. The van der Waals surface area contributed by atoms with E-state index in [9.17, 15) is 36.3 Å². The third-order valence-corrected chi connectivity index (χ3v) is 5.87. The largest absolute Gasteiger partial charge is 0.346 e. The second-order valence-corrected chi connectivity index (χ2v) is 8.13. The molecule has 11 heteroatoms. The Bertz CT molecular complexity index is 1110. The quantitative estimate of drug-likeness (QED) is 0.297. The molecule has 2 N–H and O–H groups in total. The number of alkyl halides is 2. The fourth-order valence-corrected chi connectivity index (χ4v) is 4.00. The van der Waals surface area contributed by atoms with Crippen LogP contribution in [0.4, 0.5) is 27.6 Å². The topological polar surface area (TPSA) is 80.2 Å². The molecule has 1 aliphatic rings. The fraction of sp³-hybridized carbons (Fsp3) is 0.409. The number of Topliss-reactive ketones (excluding diaryl/α,β-unsaturated/α-hetero) is 1. The number of ketones is 1. The molecule has 0 saturated heterocycles. The Morgan fingerprint density at radius 2 is 1.58 bits per heavy atom. The number of nitrogens with zero attached hydrogens (tertiary/aromatic N) is 1. The molecule has 0 spiro atoms. The van der Waals surface area contributed by atoms with Gasteiger partial charge in [0.25, 0.3) is 17.6 Å². The molecule has 0 radical (unpaired) electrons. The number of hydrogen-bond donors (Lipinski definition) is 2. The number of anilines is 1. The second kappa shape index (κ2) is 8.95. The van der Waals surface area contributed by atoms with E-state index in [1.165, 1.54) is 25.5 Å². The van der Waals surface area contributed by atoms with Crippen LogP contribution >= 0.6 is 0 Å². The van der Waals surface area contributed by atoms with Crippen molar-refractivity contribution in [2.24, 2.45) is 7.05 Å². The number of hydrogen-bond acceptors (Lipinski definition) is 3. The first-order valence-corrected chi connectivity index (χ1v) is 10.2. The Kier molecular flexibility index (Phi) is 6.62. The Hall–Kier alpha value is -3.24. The van der Waals surface area contributed by atoms with Gasteiger partial charge in [0.2, 0.25) is 5.92 Å². The van der Waals surface area contributed by atoms with Crippen molar-refractivity contribution in [3.8, 4) is 0 Å². The molecule has 2 aromatic rings. The minimum absolute atomic E-state index is 0.00361. The van der Waals surface area contributed by atoms with Crippen LogP contribution in [-0.4, -0.2) is 34.1 Å². The number of halogens is 5. The van der Waals surface area contributed by atoms with Crippen molar-refractivity contribution < 1.29 is 36.3 Å². The Morgan fingerprint density at radius 3 is 2.12 bits per heavy atom. The first kappa shape index (κ1) is 24.4. The van der Waals surface area contributed by atoms with Gasteiger partial charge in [-0.05, 0) is 32.3 Å². The zero-order chi connectivity index (χ0) is 24.7. The van der Waals surface area contributed by atoms with Gasteiger partial charge in [-0.2, -0.15) is 0 Å². The Balaban J connectivity index is 1.80. The van der Waals surface area contributed by atoms with E-state index in [1.54, 1.807) is 0 Å². The summed E-state index contributed by atoms with van der Waals surface area (Å²) in [6.07, 6.45) is -0.697. The van der Waals surface area contributed by atoms with Gasteiger partial charge in [-0.3, -0.25) is 14.4 Å². The predicted octanol–water partition coefficient (Wildman–Crippen LogP) is 4.19. The average Bonchev–Trinajstić information content (AvgIpc) is 2.95. The summed E-state index contributed by atoms with van der Waals surface area (Å²) in [6, 6.07) is 0.655. The lowest BCUT2D eigenvalue weighted by Crippen LogP contribution is -2.43. The smallest absolute Gasteiger partial charge is 0.294 e. The predicted molar refractivity (Wildman–Crippen MR) is 109 cm³/mol. The van der Waals surface area contributed by atoms with E-state index in [2.05, 4.69) is 10.6 Å². The van der Waals surface area contributed by atoms with Gasteiger partial charge in [-0.1, -0.05) is 0 Å². The summed E-state index contributed by atoms with van der Waals surface area (Å²) >= 11 is 0. The molecule has 2 amide bonds. The van der Waals surface area contributed by atoms with Gasteiger partial charge in [0.15, 0.2) is 17.5 Å². The van der Waals surface area contributed by atoms with E-state index in [4.69, 9.17) is 0 Å². The van der Waals surface area contributed by atoms with Crippen LogP contribution in [0.1, 0.15) is 57.8 Å². The highest BCUT2D eigenvalue weighted by molar-refractivity contribution is 6.43. The fourth-order valence-electron chi connectivity index (χ4n) is 4.00. The average molecular weight is 471 g/mol. The van der Waals surface area contributed by atoms with E-state index < -0.39 is 47.0 Å². The zero-order valence-corrected chi connectivity index (χ0v) is 18.1. The minimum Gasteiger partial charge on any atom is -0.346 e. The zero-order valence-electron chi connectivity index (χ0n) is 18.1. The molecule has 0 bridgehead atoms. The summed E-state index contributed by atoms with van der Waals surface area (Å²) in [4.78, 5) is 38.0. The van der Waals surface area contributed by atoms with Crippen LogP contribution in [-0.2, 0) is 11.8 Å². The first-order chi connectivity index (χ1) is 15.3. The molecule has 178 valence electrons. The molecule has 1 saturated carbocycles. The maximum atomic E-state index is 13.4. The maximum absolute atomic E-state index is 13.4. The molecule has 6 nitrogen and oxygen atoms in total.